The SMILES string of the molecule is c1ccc(N2CCCCCC23Cc2ccccc2-c2ccccc23)cc1. The molecule has 1 saturated heterocycles. The van der Waals surface area contributed by atoms with Crippen molar-refractivity contribution in [3.63, 3.8) is 0 Å². The molecule has 1 heterocycles. The fourth-order valence-electron chi connectivity index (χ4n) is 5.13. The first kappa shape index (κ1) is 15.7. The molecular formula is C25H25N. The zero-order valence-electron chi connectivity index (χ0n) is 15.2. The maximum Gasteiger partial charge on any atom is 0.0700 e. The van der Waals surface area contributed by atoms with Crippen LogP contribution in [0.1, 0.15) is 36.8 Å². The molecule has 1 atom stereocenters. The van der Waals surface area contributed by atoms with Crippen LogP contribution in [0, 0.1) is 0 Å². The van der Waals surface area contributed by atoms with Gasteiger partial charge in [-0.1, -0.05) is 79.6 Å². The van der Waals surface area contributed by atoms with Gasteiger partial charge in [0.15, 0.2) is 0 Å². The van der Waals surface area contributed by atoms with Crippen molar-refractivity contribution in [2.45, 2.75) is 37.6 Å². The van der Waals surface area contributed by atoms with E-state index in [1.807, 2.05) is 0 Å². The Morgan fingerprint density at radius 3 is 2.27 bits per heavy atom. The lowest BCUT2D eigenvalue weighted by atomic mass is 9.70. The van der Waals surface area contributed by atoms with Gasteiger partial charge in [0, 0.05) is 18.7 Å². The van der Waals surface area contributed by atoms with Crippen LogP contribution in [-0.4, -0.2) is 6.54 Å². The summed E-state index contributed by atoms with van der Waals surface area (Å²) in [5.74, 6) is 0. The Kier molecular flexibility index (Phi) is 3.81. The molecule has 26 heavy (non-hydrogen) atoms. The van der Waals surface area contributed by atoms with Crippen LogP contribution in [0.4, 0.5) is 5.69 Å². The summed E-state index contributed by atoms with van der Waals surface area (Å²) < 4.78 is 0. The van der Waals surface area contributed by atoms with Crippen LogP contribution in [0.5, 0.6) is 0 Å². The molecule has 1 heteroatoms. The van der Waals surface area contributed by atoms with Gasteiger partial charge in [0.25, 0.3) is 0 Å². The number of benzene rings is 3. The number of nitrogens with zero attached hydrogens (tertiary/aromatic N) is 1. The maximum absolute atomic E-state index is 2.72. The second-order valence-electron chi connectivity index (χ2n) is 7.71. The van der Waals surface area contributed by atoms with Crippen molar-refractivity contribution in [2.24, 2.45) is 0 Å². The average molecular weight is 339 g/mol. The minimum absolute atomic E-state index is 0.0722. The lowest BCUT2D eigenvalue weighted by Gasteiger charge is -2.48. The van der Waals surface area contributed by atoms with Crippen molar-refractivity contribution >= 4 is 5.69 Å². The second kappa shape index (κ2) is 6.32. The third-order valence-corrected chi connectivity index (χ3v) is 6.28. The summed E-state index contributed by atoms with van der Waals surface area (Å²) in [6, 6.07) is 29.2. The van der Waals surface area contributed by atoms with Crippen LogP contribution >= 0.6 is 0 Å². The number of anilines is 1. The van der Waals surface area contributed by atoms with Crippen LogP contribution in [0.2, 0.25) is 0 Å². The number of hydrogen-bond acceptors (Lipinski definition) is 1. The van der Waals surface area contributed by atoms with Crippen LogP contribution in [0.15, 0.2) is 78.9 Å². The number of fused-ring (bicyclic) bond motifs is 4. The molecule has 0 aromatic heterocycles. The first-order valence-electron chi connectivity index (χ1n) is 9.89. The van der Waals surface area contributed by atoms with Crippen molar-refractivity contribution in [1.29, 1.82) is 0 Å². The van der Waals surface area contributed by atoms with Crippen molar-refractivity contribution in [3.05, 3.63) is 90.0 Å². The summed E-state index contributed by atoms with van der Waals surface area (Å²) in [4.78, 5) is 2.72. The Balaban J connectivity index is 1.75. The van der Waals surface area contributed by atoms with Gasteiger partial charge in [-0.2, -0.15) is 0 Å². The summed E-state index contributed by atoms with van der Waals surface area (Å²) >= 11 is 0. The molecule has 1 fully saturated rings. The third-order valence-electron chi connectivity index (χ3n) is 6.28. The molecule has 1 aliphatic carbocycles. The van der Waals surface area contributed by atoms with E-state index in [1.54, 1.807) is 0 Å². The van der Waals surface area contributed by atoms with E-state index in [0.29, 0.717) is 0 Å². The molecule has 1 aliphatic heterocycles. The largest absolute Gasteiger partial charge is 0.361 e. The Morgan fingerprint density at radius 2 is 1.38 bits per heavy atom. The number of hydrogen-bond donors (Lipinski definition) is 0. The van der Waals surface area contributed by atoms with Gasteiger partial charge in [0.05, 0.1) is 5.54 Å². The molecule has 0 N–H and O–H groups in total. The Hall–Kier alpha value is -2.54. The van der Waals surface area contributed by atoms with Gasteiger partial charge < -0.3 is 4.90 Å². The number of rotatable bonds is 1. The summed E-state index contributed by atoms with van der Waals surface area (Å²) in [6.45, 7) is 1.14. The van der Waals surface area contributed by atoms with Crippen LogP contribution < -0.4 is 4.90 Å². The normalized spacial score (nSPS) is 21.8. The third kappa shape index (κ3) is 2.38. The van der Waals surface area contributed by atoms with E-state index in [2.05, 4.69) is 83.8 Å². The van der Waals surface area contributed by atoms with Crippen LogP contribution in [-0.2, 0) is 12.0 Å². The highest BCUT2D eigenvalue weighted by atomic mass is 15.2. The van der Waals surface area contributed by atoms with Gasteiger partial charge in [-0.15, -0.1) is 0 Å². The first-order chi connectivity index (χ1) is 12.9. The van der Waals surface area contributed by atoms with E-state index in [-0.39, 0.29) is 5.54 Å². The van der Waals surface area contributed by atoms with Crippen molar-refractivity contribution in [1.82, 2.24) is 0 Å². The minimum atomic E-state index is 0.0722. The lowest BCUT2D eigenvalue weighted by Crippen LogP contribution is -2.49. The molecule has 2 aliphatic rings. The van der Waals surface area contributed by atoms with Gasteiger partial charge in [-0.25, -0.2) is 0 Å². The topological polar surface area (TPSA) is 3.24 Å². The fraction of sp³-hybridized carbons (Fsp3) is 0.280. The van der Waals surface area contributed by atoms with E-state index >= 15 is 0 Å². The average Bonchev–Trinajstić information content (AvgIpc) is 2.92. The lowest BCUT2D eigenvalue weighted by molar-refractivity contribution is 0.374. The van der Waals surface area contributed by atoms with Crippen LogP contribution in [0.3, 0.4) is 0 Å². The Morgan fingerprint density at radius 1 is 0.654 bits per heavy atom. The second-order valence-corrected chi connectivity index (χ2v) is 7.71. The van der Waals surface area contributed by atoms with E-state index in [4.69, 9.17) is 0 Å². The van der Waals surface area contributed by atoms with Crippen LogP contribution in [0.25, 0.3) is 11.1 Å². The maximum atomic E-state index is 2.72. The highest BCUT2D eigenvalue weighted by Crippen LogP contribution is 2.50. The summed E-state index contributed by atoms with van der Waals surface area (Å²) in [5, 5.41) is 0. The summed E-state index contributed by atoms with van der Waals surface area (Å²) in [6.07, 6.45) is 6.25. The Labute approximate surface area is 156 Å². The van der Waals surface area contributed by atoms with E-state index in [0.717, 1.165) is 13.0 Å². The molecule has 5 rings (SSSR count). The zero-order valence-corrected chi connectivity index (χ0v) is 15.2. The standard InChI is InChI=1S/C25H25N/c1-3-12-21(13-4-1)26-18-10-2-9-17-25(26)19-20-11-5-6-14-22(20)23-15-7-8-16-24(23)25/h1,3-8,11-16H,2,9-10,17-19H2. The highest BCUT2D eigenvalue weighted by molar-refractivity contribution is 5.76. The smallest absolute Gasteiger partial charge is 0.0700 e. The number of para-hydroxylation sites is 1. The van der Waals surface area contributed by atoms with Crippen molar-refractivity contribution in [2.75, 3.05) is 11.4 Å². The van der Waals surface area contributed by atoms with Gasteiger partial charge in [0.2, 0.25) is 0 Å². The molecular weight excluding hydrogens is 314 g/mol. The van der Waals surface area contributed by atoms with E-state index in [9.17, 15) is 0 Å². The minimum Gasteiger partial charge on any atom is -0.361 e. The predicted octanol–water partition coefficient (Wildman–Crippen LogP) is 6.19. The fourth-order valence-corrected chi connectivity index (χ4v) is 5.13. The molecule has 3 aromatic rings. The van der Waals surface area contributed by atoms with Gasteiger partial charge >= 0.3 is 0 Å². The summed E-state index contributed by atoms with van der Waals surface area (Å²) in [7, 11) is 0. The van der Waals surface area contributed by atoms with E-state index in [1.165, 1.54) is 53.6 Å². The predicted molar refractivity (Wildman–Crippen MR) is 110 cm³/mol. The molecule has 0 saturated carbocycles. The Bertz CT molecular complexity index is 914. The first-order valence-corrected chi connectivity index (χ1v) is 9.89. The monoisotopic (exact) mass is 339 g/mol. The van der Waals surface area contributed by atoms with E-state index < -0.39 is 0 Å². The summed E-state index contributed by atoms with van der Waals surface area (Å²) in [5.41, 5.74) is 7.30. The molecule has 130 valence electrons. The van der Waals surface area contributed by atoms with Crippen molar-refractivity contribution in [3.8, 4) is 11.1 Å². The highest BCUT2D eigenvalue weighted by Gasteiger charge is 2.43. The molecule has 0 radical (unpaired) electrons. The zero-order chi connectivity index (χ0) is 17.4. The molecule has 1 spiro atoms. The van der Waals surface area contributed by atoms with Gasteiger partial charge in [0.1, 0.15) is 0 Å². The molecule has 0 amide bonds. The van der Waals surface area contributed by atoms with Gasteiger partial charge in [-0.05, 0) is 47.2 Å². The molecule has 3 aromatic carbocycles. The van der Waals surface area contributed by atoms with Crippen molar-refractivity contribution < 1.29 is 0 Å². The molecule has 1 nitrogen and oxygen atoms in total. The quantitative estimate of drug-likeness (QED) is 0.511. The van der Waals surface area contributed by atoms with Gasteiger partial charge in [-0.3, -0.25) is 0 Å². The molecule has 0 bridgehead atoms. The molecule has 1 unspecified atom stereocenters.